The second-order valence-electron chi connectivity index (χ2n) is 3.54. The van der Waals surface area contributed by atoms with Crippen LogP contribution < -0.4 is 5.73 Å². The second kappa shape index (κ2) is 4.06. The van der Waals surface area contributed by atoms with Gasteiger partial charge in [-0.2, -0.15) is 5.10 Å². The number of nitrogens with zero attached hydrogens (tertiary/aromatic N) is 2. The second-order valence-corrected chi connectivity index (χ2v) is 3.98. The third-order valence-electron chi connectivity index (χ3n) is 2.39. The fourth-order valence-electron chi connectivity index (χ4n) is 1.58. The molecule has 0 amide bonds. The van der Waals surface area contributed by atoms with Crippen LogP contribution in [-0.2, 0) is 11.3 Å². The number of nitrogens with two attached hydrogens (primary N) is 1. The lowest BCUT2D eigenvalue weighted by Crippen LogP contribution is -2.11. The zero-order valence-corrected chi connectivity index (χ0v) is 8.67. The molecule has 2 rings (SSSR count). The standard InChI is InChI=1S/C9H13N3OS/c10-9(14)8-3-11-12(5-8)4-7-1-2-13-6-7/h3,5,7H,1-2,4,6H2,(H2,10,14). The molecule has 1 aromatic heterocycles. The first-order valence-corrected chi connectivity index (χ1v) is 5.06. The van der Waals surface area contributed by atoms with Gasteiger partial charge in [-0.05, 0) is 6.42 Å². The van der Waals surface area contributed by atoms with Crippen LogP contribution in [0.5, 0.6) is 0 Å². The molecule has 0 spiro atoms. The summed E-state index contributed by atoms with van der Waals surface area (Å²) in [7, 11) is 0. The van der Waals surface area contributed by atoms with Gasteiger partial charge in [0.2, 0.25) is 0 Å². The maximum Gasteiger partial charge on any atom is 0.107 e. The number of ether oxygens (including phenoxy) is 1. The summed E-state index contributed by atoms with van der Waals surface area (Å²) in [5, 5.41) is 4.19. The van der Waals surface area contributed by atoms with Crippen molar-refractivity contribution in [2.45, 2.75) is 13.0 Å². The molecular weight excluding hydrogens is 198 g/mol. The van der Waals surface area contributed by atoms with Gasteiger partial charge in [0.05, 0.1) is 12.8 Å². The zero-order chi connectivity index (χ0) is 9.97. The predicted molar refractivity (Wildman–Crippen MR) is 57.0 cm³/mol. The van der Waals surface area contributed by atoms with Gasteiger partial charge in [-0.25, -0.2) is 0 Å². The van der Waals surface area contributed by atoms with E-state index < -0.39 is 0 Å². The van der Waals surface area contributed by atoms with Gasteiger partial charge in [0.1, 0.15) is 4.99 Å². The van der Waals surface area contributed by atoms with Crippen LogP contribution in [0, 0.1) is 5.92 Å². The minimum absolute atomic E-state index is 0.402. The predicted octanol–water partition coefficient (Wildman–Crippen LogP) is 0.554. The van der Waals surface area contributed by atoms with Gasteiger partial charge in [0.25, 0.3) is 0 Å². The van der Waals surface area contributed by atoms with Crippen molar-refractivity contribution in [1.29, 1.82) is 0 Å². The Morgan fingerprint density at radius 2 is 2.64 bits per heavy atom. The number of aromatic nitrogens is 2. The number of thiocarbonyl (C=S) groups is 1. The highest BCUT2D eigenvalue weighted by Crippen LogP contribution is 2.14. The van der Waals surface area contributed by atoms with E-state index in [0.29, 0.717) is 10.9 Å². The van der Waals surface area contributed by atoms with Crippen LogP contribution in [0.15, 0.2) is 12.4 Å². The van der Waals surface area contributed by atoms with Crippen molar-refractivity contribution >= 4 is 17.2 Å². The van der Waals surface area contributed by atoms with Gasteiger partial charge in [0, 0.05) is 30.8 Å². The van der Waals surface area contributed by atoms with Crippen molar-refractivity contribution in [2.75, 3.05) is 13.2 Å². The Morgan fingerprint density at radius 3 is 3.21 bits per heavy atom. The highest BCUT2D eigenvalue weighted by atomic mass is 32.1. The molecule has 0 aliphatic carbocycles. The summed E-state index contributed by atoms with van der Waals surface area (Å²) in [4.78, 5) is 0.402. The third kappa shape index (κ3) is 2.10. The van der Waals surface area contributed by atoms with Gasteiger partial charge in [0.15, 0.2) is 0 Å². The molecule has 0 radical (unpaired) electrons. The third-order valence-corrected chi connectivity index (χ3v) is 2.62. The molecule has 2 heterocycles. The Balaban J connectivity index is 1.98. The number of hydrogen-bond acceptors (Lipinski definition) is 3. The van der Waals surface area contributed by atoms with E-state index in [2.05, 4.69) is 5.10 Å². The molecule has 76 valence electrons. The summed E-state index contributed by atoms with van der Waals surface area (Å²) >= 11 is 4.86. The highest BCUT2D eigenvalue weighted by Gasteiger charge is 2.16. The Kier molecular flexibility index (Phi) is 2.79. The zero-order valence-electron chi connectivity index (χ0n) is 7.85. The molecule has 0 saturated carbocycles. The molecule has 1 aliphatic rings. The van der Waals surface area contributed by atoms with Crippen LogP contribution in [-0.4, -0.2) is 28.0 Å². The van der Waals surface area contributed by atoms with E-state index in [0.717, 1.165) is 31.7 Å². The highest BCUT2D eigenvalue weighted by molar-refractivity contribution is 7.80. The van der Waals surface area contributed by atoms with Crippen molar-refractivity contribution in [1.82, 2.24) is 9.78 Å². The first-order valence-electron chi connectivity index (χ1n) is 4.65. The molecule has 1 aromatic rings. The molecule has 1 fully saturated rings. The number of rotatable bonds is 3. The van der Waals surface area contributed by atoms with E-state index in [1.54, 1.807) is 6.20 Å². The molecule has 2 N–H and O–H groups in total. The first kappa shape index (κ1) is 9.61. The van der Waals surface area contributed by atoms with Crippen molar-refractivity contribution in [3.63, 3.8) is 0 Å². The summed E-state index contributed by atoms with van der Waals surface area (Å²) in [6.45, 7) is 2.60. The van der Waals surface area contributed by atoms with Gasteiger partial charge < -0.3 is 10.5 Å². The van der Waals surface area contributed by atoms with E-state index in [4.69, 9.17) is 22.7 Å². The molecule has 0 aromatic carbocycles. The van der Waals surface area contributed by atoms with Gasteiger partial charge in [-0.1, -0.05) is 12.2 Å². The Labute approximate surface area is 88.0 Å². The molecule has 4 nitrogen and oxygen atoms in total. The Hall–Kier alpha value is -0.940. The smallest absolute Gasteiger partial charge is 0.107 e. The normalized spacial score (nSPS) is 21.3. The molecule has 1 saturated heterocycles. The SMILES string of the molecule is NC(=S)c1cnn(CC2CCOC2)c1. The lowest BCUT2D eigenvalue weighted by atomic mass is 10.1. The van der Waals surface area contributed by atoms with Gasteiger partial charge >= 0.3 is 0 Å². The summed E-state index contributed by atoms with van der Waals surface area (Å²) in [6, 6.07) is 0. The summed E-state index contributed by atoms with van der Waals surface area (Å²) in [5.41, 5.74) is 6.32. The van der Waals surface area contributed by atoms with Crippen LogP contribution in [0.3, 0.4) is 0 Å². The Bertz CT molecular complexity index is 331. The van der Waals surface area contributed by atoms with E-state index in [-0.39, 0.29) is 0 Å². The van der Waals surface area contributed by atoms with Crippen molar-refractivity contribution < 1.29 is 4.74 Å². The van der Waals surface area contributed by atoms with E-state index >= 15 is 0 Å². The van der Waals surface area contributed by atoms with E-state index in [1.165, 1.54) is 0 Å². The van der Waals surface area contributed by atoms with Crippen molar-refractivity contribution in [2.24, 2.45) is 11.7 Å². The molecule has 0 bridgehead atoms. The monoisotopic (exact) mass is 211 g/mol. The summed E-state index contributed by atoms with van der Waals surface area (Å²) in [5.74, 6) is 0.578. The minimum atomic E-state index is 0.402. The molecule has 1 aliphatic heterocycles. The quantitative estimate of drug-likeness (QED) is 0.742. The molecule has 5 heteroatoms. The maximum absolute atomic E-state index is 5.49. The largest absolute Gasteiger partial charge is 0.389 e. The fourth-order valence-corrected chi connectivity index (χ4v) is 1.69. The lowest BCUT2D eigenvalue weighted by Gasteiger charge is -2.06. The van der Waals surface area contributed by atoms with Crippen molar-refractivity contribution in [3.8, 4) is 0 Å². The van der Waals surface area contributed by atoms with Gasteiger partial charge in [-0.15, -0.1) is 0 Å². The molecular formula is C9H13N3OS. The minimum Gasteiger partial charge on any atom is -0.389 e. The van der Waals surface area contributed by atoms with Crippen LogP contribution in [0.2, 0.25) is 0 Å². The van der Waals surface area contributed by atoms with Crippen LogP contribution in [0.1, 0.15) is 12.0 Å². The van der Waals surface area contributed by atoms with Crippen LogP contribution in [0.25, 0.3) is 0 Å². The van der Waals surface area contributed by atoms with Crippen LogP contribution >= 0.6 is 12.2 Å². The van der Waals surface area contributed by atoms with Gasteiger partial charge in [-0.3, -0.25) is 4.68 Å². The molecule has 14 heavy (non-hydrogen) atoms. The van der Waals surface area contributed by atoms with E-state index in [1.807, 2.05) is 10.9 Å². The fraction of sp³-hybridized carbons (Fsp3) is 0.556. The topological polar surface area (TPSA) is 53.1 Å². The van der Waals surface area contributed by atoms with Crippen molar-refractivity contribution in [3.05, 3.63) is 18.0 Å². The summed E-state index contributed by atoms with van der Waals surface area (Å²) < 4.78 is 7.17. The lowest BCUT2D eigenvalue weighted by molar-refractivity contribution is 0.181. The number of hydrogen-bond donors (Lipinski definition) is 1. The van der Waals surface area contributed by atoms with E-state index in [9.17, 15) is 0 Å². The van der Waals surface area contributed by atoms with Crippen LogP contribution in [0.4, 0.5) is 0 Å². The average molecular weight is 211 g/mol. The maximum atomic E-state index is 5.49. The first-order chi connectivity index (χ1) is 6.75. The average Bonchev–Trinajstić information content (AvgIpc) is 2.75. The Morgan fingerprint density at radius 1 is 1.79 bits per heavy atom. The molecule has 1 atom stereocenters. The molecule has 1 unspecified atom stereocenters. The summed E-state index contributed by atoms with van der Waals surface area (Å²) in [6.07, 6.45) is 4.71.